The van der Waals surface area contributed by atoms with Crippen LogP contribution in [0.5, 0.6) is 5.75 Å². The Labute approximate surface area is 108 Å². The van der Waals surface area contributed by atoms with Crippen molar-refractivity contribution < 1.29 is 23.0 Å². The van der Waals surface area contributed by atoms with E-state index in [1.54, 1.807) is 0 Å². The molecule has 0 bridgehead atoms. The van der Waals surface area contributed by atoms with Crippen LogP contribution in [0.15, 0.2) is 12.1 Å². The van der Waals surface area contributed by atoms with E-state index in [0.29, 0.717) is 31.0 Å². The molecule has 4 N–H and O–H groups in total. The molecule has 0 atom stereocenters. The van der Waals surface area contributed by atoms with Crippen molar-refractivity contribution in [2.45, 2.75) is 25.6 Å². The molecule has 0 amide bonds. The fraction of sp³-hybridized carbons (Fsp3) is 0.500. The summed E-state index contributed by atoms with van der Waals surface area (Å²) in [5.74, 6) is -1.17. The Morgan fingerprint density at radius 1 is 1.42 bits per heavy atom. The molecule has 1 aliphatic carbocycles. The first-order valence-corrected chi connectivity index (χ1v) is 5.91. The normalized spacial score (nSPS) is 22.2. The van der Waals surface area contributed by atoms with Gasteiger partial charge in [0, 0.05) is 18.7 Å². The van der Waals surface area contributed by atoms with Gasteiger partial charge in [-0.05, 0) is 18.8 Å². The fourth-order valence-electron chi connectivity index (χ4n) is 2.03. The second-order valence-electron chi connectivity index (χ2n) is 4.62. The van der Waals surface area contributed by atoms with Gasteiger partial charge in [-0.2, -0.15) is 8.78 Å². The lowest BCUT2D eigenvalue weighted by atomic mass is 9.82. The number of nitrogens with two attached hydrogens (primary N) is 1. The monoisotopic (exact) mass is 276 g/mol. The van der Waals surface area contributed by atoms with Gasteiger partial charge in [0.25, 0.3) is 0 Å². The van der Waals surface area contributed by atoms with Crippen LogP contribution in [0.1, 0.15) is 12.8 Å². The van der Waals surface area contributed by atoms with Gasteiger partial charge in [0.1, 0.15) is 0 Å². The fourth-order valence-corrected chi connectivity index (χ4v) is 2.03. The lowest BCUT2D eigenvalue weighted by molar-refractivity contribution is -0.0521. The van der Waals surface area contributed by atoms with Gasteiger partial charge in [-0.1, -0.05) is 0 Å². The summed E-state index contributed by atoms with van der Waals surface area (Å²) in [5.41, 5.74) is 6.07. The van der Waals surface area contributed by atoms with Gasteiger partial charge >= 0.3 is 6.61 Å². The third-order valence-electron chi connectivity index (χ3n) is 3.11. The molecule has 0 aliphatic heterocycles. The maximum absolute atomic E-state index is 13.3. The third-order valence-corrected chi connectivity index (χ3v) is 3.11. The van der Waals surface area contributed by atoms with Crippen molar-refractivity contribution >= 4 is 11.4 Å². The second-order valence-corrected chi connectivity index (χ2v) is 4.62. The number of ether oxygens (including phenoxy) is 1. The number of hydrogen-bond donors (Lipinski definition) is 3. The molecule has 19 heavy (non-hydrogen) atoms. The highest BCUT2D eigenvalue weighted by Crippen LogP contribution is 2.31. The minimum atomic E-state index is -3.09. The van der Waals surface area contributed by atoms with Crippen LogP contribution in [0, 0.1) is 11.7 Å². The van der Waals surface area contributed by atoms with Gasteiger partial charge in [-0.3, -0.25) is 0 Å². The summed E-state index contributed by atoms with van der Waals surface area (Å²) >= 11 is 0. The minimum Gasteiger partial charge on any atom is -0.432 e. The summed E-state index contributed by atoms with van der Waals surface area (Å²) in [6.45, 7) is -2.55. The van der Waals surface area contributed by atoms with E-state index in [1.165, 1.54) is 0 Å². The lowest BCUT2D eigenvalue weighted by Crippen LogP contribution is -2.33. The van der Waals surface area contributed by atoms with E-state index >= 15 is 0 Å². The van der Waals surface area contributed by atoms with E-state index in [1.807, 2.05) is 0 Å². The van der Waals surface area contributed by atoms with Crippen LogP contribution in [0.2, 0.25) is 0 Å². The Morgan fingerprint density at radius 2 is 2.11 bits per heavy atom. The van der Waals surface area contributed by atoms with Crippen LogP contribution in [-0.4, -0.2) is 24.4 Å². The molecule has 1 aromatic carbocycles. The van der Waals surface area contributed by atoms with Gasteiger partial charge in [0.2, 0.25) is 0 Å². The number of rotatable bonds is 5. The van der Waals surface area contributed by atoms with Crippen molar-refractivity contribution in [1.82, 2.24) is 0 Å². The molecule has 7 heteroatoms. The number of hydrogen-bond acceptors (Lipinski definition) is 4. The number of aliphatic hydroxyl groups excluding tert-OH is 1. The van der Waals surface area contributed by atoms with E-state index in [4.69, 9.17) is 10.8 Å². The largest absolute Gasteiger partial charge is 0.432 e. The smallest absolute Gasteiger partial charge is 0.387 e. The minimum absolute atomic E-state index is 0.124. The SMILES string of the molecule is Nc1cc(F)c(OC(F)F)cc1NCC1CC(O)C1. The maximum Gasteiger partial charge on any atom is 0.387 e. The predicted molar refractivity (Wildman–Crippen MR) is 64.7 cm³/mol. The van der Waals surface area contributed by atoms with Crippen molar-refractivity contribution in [3.8, 4) is 5.75 Å². The molecular weight excluding hydrogens is 261 g/mol. The standard InChI is InChI=1S/C12H15F3N2O2/c13-8-3-9(16)10(4-11(8)19-12(14)15)17-5-6-1-7(18)2-6/h3-4,6-7,12,17-18H,1-2,5,16H2. The highest BCUT2D eigenvalue weighted by atomic mass is 19.3. The zero-order valence-corrected chi connectivity index (χ0v) is 10.1. The summed E-state index contributed by atoms with van der Waals surface area (Å²) in [7, 11) is 0. The number of alkyl halides is 2. The van der Waals surface area contributed by atoms with Gasteiger partial charge in [0.15, 0.2) is 11.6 Å². The number of aliphatic hydroxyl groups is 1. The van der Waals surface area contributed by atoms with Gasteiger partial charge < -0.3 is 20.9 Å². The first-order valence-electron chi connectivity index (χ1n) is 5.91. The number of halogens is 3. The van der Waals surface area contributed by atoms with Crippen LogP contribution in [-0.2, 0) is 0 Å². The predicted octanol–water partition coefficient (Wildman–Crippen LogP) is 2.19. The number of anilines is 2. The van der Waals surface area contributed by atoms with E-state index in [2.05, 4.69) is 10.1 Å². The molecule has 4 nitrogen and oxygen atoms in total. The molecule has 0 saturated heterocycles. The molecular formula is C12H15F3N2O2. The van der Waals surface area contributed by atoms with Gasteiger partial charge in [-0.25, -0.2) is 4.39 Å². The molecule has 1 aliphatic rings. The average molecular weight is 276 g/mol. The van der Waals surface area contributed by atoms with Crippen molar-refractivity contribution in [1.29, 1.82) is 0 Å². The van der Waals surface area contributed by atoms with Crippen LogP contribution < -0.4 is 15.8 Å². The third kappa shape index (κ3) is 3.44. The summed E-state index contributed by atoms with van der Waals surface area (Å²) in [5, 5.41) is 12.1. The number of benzene rings is 1. The average Bonchev–Trinajstić information content (AvgIpc) is 2.27. The Kier molecular flexibility index (Phi) is 4.04. The lowest BCUT2D eigenvalue weighted by Gasteiger charge is -2.31. The van der Waals surface area contributed by atoms with Crippen LogP contribution in [0.25, 0.3) is 0 Å². The van der Waals surface area contributed by atoms with Gasteiger partial charge in [-0.15, -0.1) is 0 Å². The van der Waals surface area contributed by atoms with E-state index in [0.717, 1.165) is 12.1 Å². The molecule has 0 radical (unpaired) electrons. The Morgan fingerprint density at radius 3 is 2.68 bits per heavy atom. The zero-order chi connectivity index (χ0) is 14.0. The molecule has 0 aromatic heterocycles. The highest BCUT2D eigenvalue weighted by molar-refractivity contribution is 5.68. The van der Waals surface area contributed by atoms with Crippen molar-refractivity contribution in [2.75, 3.05) is 17.6 Å². The molecule has 1 fully saturated rings. The molecule has 0 heterocycles. The van der Waals surface area contributed by atoms with Crippen LogP contribution in [0.4, 0.5) is 24.5 Å². The van der Waals surface area contributed by atoms with Crippen molar-refractivity contribution in [3.63, 3.8) is 0 Å². The van der Waals surface area contributed by atoms with Crippen LogP contribution >= 0.6 is 0 Å². The Balaban J connectivity index is 2.02. The highest BCUT2D eigenvalue weighted by Gasteiger charge is 2.26. The van der Waals surface area contributed by atoms with E-state index < -0.39 is 18.2 Å². The van der Waals surface area contributed by atoms with Crippen LogP contribution in [0.3, 0.4) is 0 Å². The first-order chi connectivity index (χ1) is 8.95. The topological polar surface area (TPSA) is 67.5 Å². The van der Waals surface area contributed by atoms with E-state index in [-0.39, 0.29) is 11.8 Å². The molecule has 0 unspecified atom stereocenters. The van der Waals surface area contributed by atoms with Crippen molar-refractivity contribution in [3.05, 3.63) is 17.9 Å². The quantitative estimate of drug-likeness (QED) is 0.721. The van der Waals surface area contributed by atoms with E-state index in [9.17, 15) is 13.2 Å². The van der Waals surface area contributed by atoms with Gasteiger partial charge in [0.05, 0.1) is 17.5 Å². The molecule has 2 rings (SSSR count). The summed E-state index contributed by atoms with van der Waals surface area (Å²) in [6.07, 6.45) is 1.11. The van der Waals surface area contributed by atoms with Crippen molar-refractivity contribution in [2.24, 2.45) is 5.92 Å². The number of nitrogen functional groups attached to an aromatic ring is 1. The summed E-state index contributed by atoms with van der Waals surface area (Å²) in [4.78, 5) is 0. The molecule has 106 valence electrons. The first kappa shape index (κ1) is 13.8. The second kappa shape index (κ2) is 5.56. The molecule has 1 saturated carbocycles. The molecule has 1 aromatic rings. The Bertz CT molecular complexity index is 451. The zero-order valence-electron chi connectivity index (χ0n) is 10.1. The maximum atomic E-state index is 13.3. The summed E-state index contributed by atoms with van der Waals surface area (Å²) < 4.78 is 41.6. The summed E-state index contributed by atoms with van der Waals surface area (Å²) in [6, 6.07) is 2.06. The Hall–Kier alpha value is -1.63. The number of nitrogens with one attached hydrogen (secondary N) is 1. The molecule has 0 spiro atoms.